The molecule has 0 bridgehead atoms. The predicted molar refractivity (Wildman–Crippen MR) is 90.0 cm³/mol. The van der Waals surface area contributed by atoms with Crippen LogP contribution in [0.2, 0.25) is 0 Å². The Hall–Kier alpha value is -1.32. The van der Waals surface area contributed by atoms with Crippen LogP contribution >= 0.6 is 0 Å². The second-order valence-corrected chi connectivity index (χ2v) is 6.19. The minimum absolute atomic E-state index is 0.480. The van der Waals surface area contributed by atoms with E-state index in [-0.39, 0.29) is 0 Å². The van der Waals surface area contributed by atoms with E-state index in [0.29, 0.717) is 5.41 Å². The SMILES string of the molecule is CCCc1nc(NCC)cc(N2CCC(CC)(CC)C2)n1. The molecule has 0 radical (unpaired) electrons. The fraction of sp³-hybridized carbons (Fsp3) is 0.765. The van der Waals surface area contributed by atoms with Crippen LogP contribution < -0.4 is 10.2 Å². The largest absolute Gasteiger partial charge is 0.370 e. The van der Waals surface area contributed by atoms with Crippen LogP contribution in [0.25, 0.3) is 0 Å². The molecule has 0 spiro atoms. The zero-order valence-corrected chi connectivity index (χ0v) is 14.1. The van der Waals surface area contributed by atoms with Gasteiger partial charge in [-0.2, -0.15) is 0 Å². The minimum Gasteiger partial charge on any atom is -0.370 e. The number of hydrogen-bond donors (Lipinski definition) is 1. The van der Waals surface area contributed by atoms with E-state index in [1.165, 1.54) is 19.3 Å². The number of aromatic nitrogens is 2. The molecule has 1 aromatic rings. The molecule has 0 saturated carbocycles. The van der Waals surface area contributed by atoms with E-state index in [9.17, 15) is 0 Å². The maximum atomic E-state index is 4.80. The normalized spacial score (nSPS) is 17.2. The summed E-state index contributed by atoms with van der Waals surface area (Å²) in [5.74, 6) is 3.04. The Morgan fingerprint density at radius 1 is 1.19 bits per heavy atom. The molecule has 21 heavy (non-hydrogen) atoms. The number of aryl methyl sites for hydroxylation is 1. The van der Waals surface area contributed by atoms with E-state index in [1.54, 1.807) is 0 Å². The molecule has 0 atom stereocenters. The molecular weight excluding hydrogens is 260 g/mol. The first-order valence-corrected chi connectivity index (χ1v) is 8.53. The van der Waals surface area contributed by atoms with Gasteiger partial charge in [0.05, 0.1) is 0 Å². The van der Waals surface area contributed by atoms with Crippen molar-refractivity contribution in [2.24, 2.45) is 5.41 Å². The predicted octanol–water partition coefficient (Wildman–Crippen LogP) is 3.88. The molecule has 118 valence electrons. The molecule has 0 aliphatic carbocycles. The Morgan fingerprint density at radius 3 is 2.52 bits per heavy atom. The molecule has 4 nitrogen and oxygen atoms in total. The number of rotatable bonds is 7. The topological polar surface area (TPSA) is 41.1 Å². The second-order valence-electron chi connectivity index (χ2n) is 6.19. The summed E-state index contributed by atoms with van der Waals surface area (Å²) in [5.41, 5.74) is 0.480. The van der Waals surface area contributed by atoms with Crippen LogP contribution in [0.3, 0.4) is 0 Å². The average molecular weight is 290 g/mol. The van der Waals surface area contributed by atoms with Gasteiger partial charge in [0.15, 0.2) is 0 Å². The molecule has 0 amide bonds. The van der Waals surface area contributed by atoms with Crippen molar-refractivity contribution in [1.82, 2.24) is 9.97 Å². The van der Waals surface area contributed by atoms with Gasteiger partial charge in [0.2, 0.25) is 0 Å². The molecule has 1 fully saturated rings. The van der Waals surface area contributed by atoms with Gasteiger partial charge >= 0.3 is 0 Å². The number of anilines is 2. The van der Waals surface area contributed by atoms with Crippen LogP contribution in [0.15, 0.2) is 6.07 Å². The Kier molecular flexibility index (Phi) is 5.43. The molecule has 0 unspecified atom stereocenters. The van der Waals surface area contributed by atoms with Crippen LogP contribution in [-0.2, 0) is 6.42 Å². The molecule has 2 heterocycles. The number of nitrogens with zero attached hydrogens (tertiary/aromatic N) is 3. The van der Waals surface area contributed by atoms with Crippen molar-refractivity contribution in [2.45, 2.75) is 59.8 Å². The van der Waals surface area contributed by atoms with Gasteiger partial charge in [0.25, 0.3) is 0 Å². The van der Waals surface area contributed by atoms with E-state index < -0.39 is 0 Å². The molecular formula is C17H30N4. The van der Waals surface area contributed by atoms with E-state index in [2.05, 4.69) is 49.0 Å². The maximum absolute atomic E-state index is 4.80. The molecule has 0 aromatic carbocycles. The van der Waals surface area contributed by atoms with Crippen molar-refractivity contribution in [2.75, 3.05) is 29.9 Å². The number of nitrogens with one attached hydrogen (secondary N) is 1. The molecule has 4 heteroatoms. The second kappa shape index (κ2) is 7.10. The zero-order valence-electron chi connectivity index (χ0n) is 14.1. The Labute approximate surface area is 129 Å². The molecule has 1 saturated heterocycles. The lowest BCUT2D eigenvalue weighted by Crippen LogP contribution is -2.27. The summed E-state index contributed by atoms with van der Waals surface area (Å²) in [5, 5.41) is 3.34. The standard InChI is InChI=1S/C17H30N4/c1-5-9-14-19-15(18-8-4)12-16(20-14)21-11-10-17(6-2,7-3)13-21/h12H,5-11,13H2,1-4H3,(H,18,19,20). The highest BCUT2D eigenvalue weighted by molar-refractivity contribution is 5.50. The molecule has 1 aromatic heterocycles. The van der Waals surface area contributed by atoms with Crippen molar-refractivity contribution in [3.63, 3.8) is 0 Å². The van der Waals surface area contributed by atoms with Crippen molar-refractivity contribution >= 4 is 11.6 Å². The molecule has 1 aliphatic rings. The lowest BCUT2D eigenvalue weighted by molar-refractivity contribution is 0.301. The lowest BCUT2D eigenvalue weighted by Gasteiger charge is -2.27. The molecule has 1 N–H and O–H groups in total. The number of hydrogen-bond acceptors (Lipinski definition) is 4. The van der Waals surface area contributed by atoms with Gasteiger partial charge in [-0.25, -0.2) is 9.97 Å². The highest BCUT2D eigenvalue weighted by Crippen LogP contribution is 2.38. The lowest BCUT2D eigenvalue weighted by atomic mass is 9.82. The highest BCUT2D eigenvalue weighted by atomic mass is 15.2. The Morgan fingerprint density at radius 2 is 1.95 bits per heavy atom. The van der Waals surface area contributed by atoms with Gasteiger partial charge in [0.1, 0.15) is 17.5 Å². The molecule has 1 aliphatic heterocycles. The summed E-state index contributed by atoms with van der Waals surface area (Å²) in [6.07, 6.45) is 5.83. The van der Waals surface area contributed by atoms with Crippen LogP contribution in [0, 0.1) is 5.41 Å². The fourth-order valence-electron chi connectivity index (χ4n) is 3.21. The highest BCUT2D eigenvalue weighted by Gasteiger charge is 2.35. The summed E-state index contributed by atoms with van der Waals surface area (Å²) in [4.78, 5) is 11.9. The van der Waals surface area contributed by atoms with Gasteiger partial charge in [-0.15, -0.1) is 0 Å². The monoisotopic (exact) mass is 290 g/mol. The van der Waals surface area contributed by atoms with Crippen molar-refractivity contribution in [1.29, 1.82) is 0 Å². The molecule has 2 rings (SSSR count). The van der Waals surface area contributed by atoms with Gasteiger partial charge in [-0.3, -0.25) is 0 Å². The zero-order chi connectivity index (χ0) is 15.3. The van der Waals surface area contributed by atoms with E-state index in [1.807, 2.05) is 0 Å². The first kappa shape index (κ1) is 16.1. The van der Waals surface area contributed by atoms with Gasteiger partial charge in [-0.1, -0.05) is 20.8 Å². The van der Waals surface area contributed by atoms with Crippen molar-refractivity contribution in [3.05, 3.63) is 11.9 Å². The summed E-state index contributed by atoms with van der Waals surface area (Å²) in [6.45, 7) is 12.1. The van der Waals surface area contributed by atoms with Crippen LogP contribution in [0.4, 0.5) is 11.6 Å². The van der Waals surface area contributed by atoms with Crippen LogP contribution in [0.5, 0.6) is 0 Å². The first-order valence-electron chi connectivity index (χ1n) is 8.53. The summed E-state index contributed by atoms with van der Waals surface area (Å²) in [7, 11) is 0. The average Bonchev–Trinajstić information content (AvgIpc) is 2.93. The third-order valence-electron chi connectivity index (χ3n) is 4.85. The minimum atomic E-state index is 0.480. The van der Waals surface area contributed by atoms with Crippen LogP contribution in [-0.4, -0.2) is 29.6 Å². The van der Waals surface area contributed by atoms with Crippen molar-refractivity contribution in [3.8, 4) is 0 Å². The summed E-state index contributed by atoms with van der Waals surface area (Å²) < 4.78 is 0. The fourth-order valence-corrected chi connectivity index (χ4v) is 3.21. The maximum Gasteiger partial charge on any atom is 0.134 e. The van der Waals surface area contributed by atoms with Gasteiger partial charge in [-0.05, 0) is 38.0 Å². The smallest absolute Gasteiger partial charge is 0.134 e. The third-order valence-corrected chi connectivity index (χ3v) is 4.85. The first-order chi connectivity index (χ1) is 10.2. The Balaban J connectivity index is 2.22. The van der Waals surface area contributed by atoms with Gasteiger partial charge < -0.3 is 10.2 Å². The summed E-state index contributed by atoms with van der Waals surface area (Å²) >= 11 is 0. The Bertz CT molecular complexity index is 430. The van der Waals surface area contributed by atoms with E-state index >= 15 is 0 Å². The van der Waals surface area contributed by atoms with Gasteiger partial charge in [0, 0.05) is 32.1 Å². The third kappa shape index (κ3) is 3.66. The summed E-state index contributed by atoms with van der Waals surface area (Å²) in [6, 6.07) is 2.12. The van der Waals surface area contributed by atoms with Crippen molar-refractivity contribution < 1.29 is 0 Å². The van der Waals surface area contributed by atoms with Crippen LogP contribution in [0.1, 0.15) is 59.2 Å². The van der Waals surface area contributed by atoms with E-state index in [4.69, 9.17) is 4.98 Å². The van der Waals surface area contributed by atoms with E-state index in [0.717, 1.165) is 49.9 Å². The quantitative estimate of drug-likeness (QED) is 0.827.